The number of nitrogens with two attached hydrogens (primary N) is 1. The number of ether oxygens (including phenoxy) is 2. The van der Waals surface area contributed by atoms with Gasteiger partial charge < -0.3 is 15.2 Å². The standard InChI is InChI=1S/C18H18N2O3/c19-18(21)17-14-4-2-1-3-13(14)7-8-20(17)10-12-5-6-15-16(9-12)23-11-22-15/h1-6,9,17H,7-8,10-11H2,(H2,19,21). The van der Waals surface area contributed by atoms with Crippen LogP contribution in [0.5, 0.6) is 11.5 Å². The molecule has 5 nitrogen and oxygen atoms in total. The minimum atomic E-state index is -0.384. The van der Waals surface area contributed by atoms with Crippen molar-refractivity contribution in [3.8, 4) is 11.5 Å². The van der Waals surface area contributed by atoms with Gasteiger partial charge in [0, 0.05) is 13.1 Å². The van der Waals surface area contributed by atoms with Crippen LogP contribution in [0.4, 0.5) is 0 Å². The number of carbonyl (C=O) groups is 1. The van der Waals surface area contributed by atoms with Crippen molar-refractivity contribution in [1.29, 1.82) is 0 Å². The third kappa shape index (κ3) is 2.53. The normalized spacial score (nSPS) is 19.4. The van der Waals surface area contributed by atoms with Gasteiger partial charge in [-0.15, -0.1) is 0 Å². The maximum absolute atomic E-state index is 12.0. The quantitative estimate of drug-likeness (QED) is 0.942. The lowest BCUT2D eigenvalue weighted by Crippen LogP contribution is -2.42. The maximum Gasteiger partial charge on any atom is 0.239 e. The molecule has 5 heteroatoms. The largest absolute Gasteiger partial charge is 0.454 e. The van der Waals surface area contributed by atoms with Crippen LogP contribution in [0, 0.1) is 0 Å². The molecule has 0 fully saturated rings. The number of nitrogens with zero attached hydrogens (tertiary/aromatic N) is 1. The molecular weight excluding hydrogens is 292 g/mol. The molecule has 23 heavy (non-hydrogen) atoms. The highest BCUT2D eigenvalue weighted by Crippen LogP contribution is 2.35. The predicted octanol–water partition coefficient (Wildman–Crippen LogP) is 2.00. The molecule has 0 saturated heterocycles. The summed E-state index contributed by atoms with van der Waals surface area (Å²) in [5, 5.41) is 0. The van der Waals surface area contributed by atoms with Crippen molar-refractivity contribution < 1.29 is 14.3 Å². The molecule has 2 aliphatic rings. The van der Waals surface area contributed by atoms with E-state index in [1.807, 2.05) is 36.4 Å². The predicted molar refractivity (Wildman–Crippen MR) is 85.1 cm³/mol. The van der Waals surface area contributed by atoms with Gasteiger partial charge >= 0.3 is 0 Å². The number of rotatable bonds is 3. The first-order chi connectivity index (χ1) is 11.2. The van der Waals surface area contributed by atoms with Crippen LogP contribution in [-0.4, -0.2) is 24.1 Å². The molecule has 2 aliphatic heterocycles. The van der Waals surface area contributed by atoms with Crippen molar-refractivity contribution in [2.45, 2.75) is 19.0 Å². The SMILES string of the molecule is NC(=O)C1c2ccccc2CCN1Cc1ccc2c(c1)OCO2. The fourth-order valence-corrected chi connectivity index (χ4v) is 3.40. The Labute approximate surface area is 134 Å². The highest BCUT2D eigenvalue weighted by Gasteiger charge is 2.31. The topological polar surface area (TPSA) is 64.8 Å². The molecule has 2 heterocycles. The van der Waals surface area contributed by atoms with Crippen LogP contribution in [0.15, 0.2) is 42.5 Å². The van der Waals surface area contributed by atoms with E-state index < -0.39 is 0 Å². The first-order valence-electron chi connectivity index (χ1n) is 7.72. The van der Waals surface area contributed by atoms with Crippen molar-refractivity contribution in [2.75, 3.05) is 13.3 Å². The average molecular weight is 310 g/mol. The first-order valence-corrected chi connectivity index (χ1v) is 7.72. The molecule has 0 bridgehead atoms. The Morgan fingerprint density at radius 3 is 2.87 bits per heavy atom. The fourth-order valence-electron chi connectivity index (χ4n) is 3.40. The molecule has 1 unspecified atom stereocenters. The lowest BCUT2D eigenvalue weighted by atomic mass is 9.92. The second-order valence-electron chi connectivity index (χ2n) is 5.91. The van der Waals surface area contributed by atoms with Crippen LogP contribution in [-0.2, 0) is 17.8 Å². The minimum Gasteiger partial charge on any atom is -0.454 e. The second-order valence-corrected chi connectivity index (χ2v) is 5.91. The van der Waals surface area contributed by atoms with E-state index in [1.54, 1.807) is 0 Å². The number of hydrogen-bond donors (Lipinski definition) is 1. The van der Waals surface area contributed by atoms with Crippen molar-refractivity contribution in [3.05, 3.63) is 59.2 Å². The molecule has 0 spiro atoms. The molecule has 0 saturated carbocycles. The Bertz CT molecular complexity index is 760. The lowest BCUT2D eigenvalue weighted by Gasteiger charge is -2.35. The Balaban J connectivity index is 1.62. The number of hydrogen-bond acceptors (Lipinski definition) is 4. The number of carbonyl (C=O) groups excluding carboxylic acids is 1. The molecule has 4 rings (SSSR count). The third-order valence-electron chi connectivity index (χ3n) is 4.48. The van der Waals surface area contributed by atoms with Crippen LogP contribution in [0.3, 0.4) is 0 Å². The third-order valence-corrected chi connectivity index (χ3v) is 4.48. The molecule has 2 N–H and O–H groups in total. The second kappa shape index (κ2) is 5.59. The molecule has 1 amide bonds. The summed E-state index contributed by atoms with van der Waals surface area (Å²) in [6.45, 7) is 1.72. The minimum absolute atomic E-state index is 0.264. The van der Waals surface area contributed by atoms with Crippen LogP contribution >= 0.6 is 0 Å². The van der Waals surface area contributed by atoms with Crippen molar-refractivity contribution in [2.24, 2.45) is 5.73 Å². The van der Waals surface area contributed by atoms with Crippen molar-refractivity contribution in [1.82, 2.24) is 4.90 Å². The summed E-state index contributed by atoms with van der Waals surface area (Å²) in [6, 6.07) is 13.5. The number of benzene rings is 2. The van der Waals surface area contributed by atoms with Gasteiger partial charge in [-0.3, -0.25) is 9.69 Å². The lowest BCUT2D eigenvalue weighted by molar-refractivity contribution is -0.124. The van der Waals surface area contributed by atoms with Crippen molar-refractivity contribution >= 4 is 5.91 Å². The average Bonchev–Trinajstić information content (AvgIpc) is 3.02. The summed E-state index contributed by atoms with van der Waals surface area (Å²) in [7, 11) is 0. The van der Waals surface area contributed by atoms with E-state index in [9.17, 15) is 4.79 Å². The summed E-state index contributed by atoms with van der Waals surface area (Å²) in [5.74, 6) is 1.22. The van der Waals surface area contributed by atoms with Gasteiger partial charge in [-0.2, -0.15) is 0 Å². The highest BCUT2D eigenvalue weighted by molar-refractivity contribution is 5.82. The zero-order chi connectivity index (χ0) is 15.8. The van der Waals surface area contributed by atoms with Crippen LogP contribution < -0.4 is 15.2 Å². The van der Waals surface area contributed by atoms with Gasteiger partial charge in [0.05, 0.1) is 0 Å². The number of fused-ring (bicyclic) bond motifs is 2. The summed E-state index contributed by atoms with van der Waals surface area (Å²) in [5.41, 5.74) is 9.00. The molecular formula is C18H18N2O3. The fraction of sp³-hybridized carbons (Fsp3) is 0.278. The van der Waals surface area contributed by atoms with Crippen LogP contribution in [0.2, 0.25) is 0 Å². The first kappa shape index (κ1) is 14.1. The Morgan fingerprint density at radius 2 is 2.00 bits per heavy atom. The van der Waals surface area contributed by atoms with Gasteiger partial charge in [-0.25, -0.2) is 0 Å². The van der Waals surface area contributed by atoms with Gasteiger partial charge in [0.15, 0.2) is 11.5 Å². The molecule has 2 aromatic rings. The van der Waals surface area contributed by atoms with Gasteiger partial charge in [0.25, 0.3) is 0 Å². The monoisotopic (exact) mass is 310 g/mol. The van der Waals surface area contributed by atoms with E-state index in [2.05, 4.69) is 11.0 Å². The van der Waals surface area contributed by atoms with Gasteiger partial charge in [-0.05, 0) is 35.2 Å². The molecule has 0 aliphatic carbocycles. The van der Waals surface area contributed by atoms with Gasteiger partial charge in [0.1, 0.15) is 6.04 Å². The zero-order valence-corrected chi connectivity index (χ0v) is 12.7. The summed E-state index contributed by atoms with van der Waals surface area (Å²) >= 11 is 0. The Hall–Kier alpha value is -2.53. The molecule has 118 valence electrons. The number of amides is 1. The van der Waals surface area contributed by atoms with Gasteiger partial charge in [0.2, 0.25) is 12.7 Å². The Kier molecular flexibility index (Phi) is 3.42. The van der Waals surface area contributed by atoms with Crippen molar-refractivity contribution in [3.63, 3.8) is 0 Å². The van der Waals surface area contributed by atoms with E-state index in [0.29, 0.717) is 6.54 Å². The Morgan fingerprint density at radius 1 is 1.17 bits per heavy atom. The van der Waals surface area contributed by atoms with E-state index in [1.165, 1.54) is 5.56 Å². The van der Waals surface area contributed by atoms with E-state index in [-0.39, 0.29) is 18.7 Å². The molecule has 1 atom stereocenters. The number of primary amides is 1. The zero-order valence-electron chi connectivity index (χ0n) is 12.7. The summed E-state index contributed by atoms with van der Waals surface area (Å²) < 4.78 is 10.8. The molecule has 0 radical (unpaired) electrons. The van der Waals surface area contributed by atoms with E-state index >= 15 is 0 Å². The highest BCUT2D eigenvalue weighted by atomic mass is 16.7. The summed E-state index contributed by atoms with van der Waals surface area (Å²) in [4.78, 5) is 14.2. The van der Waals surface area contributed by atoms with E-state index in [4.69, 9.17) is 15.2 Å². The van der Waals surface area contributed by atoms with Gasteiger partial charge in [-0.1, -0.05) is 30.3 Å². The van der Waals surface area contributed by atoms with Crippen LogP contribution in [0.25, 0.3) is 0 Å². The van der Waals surface area contributed by atoms with E-state index in [0.717, 1.165) is 35.6 Å². The maximum atomic E-state index is 12.0. The molecule has 0 aromatic heterocycles. The van der Waals surface area contributed by atoms with Crippen LogP contribution in [0.1, 0.15) is 22.7 Å². The smallest absolute Gasteiger partial charge is 0.239 e. The molecule has 2 aromatic carbocycles. The summed E-state index contributed by atoms with van der Waals surface area (Å²) in [6.07, 6.45) is 0.921.